The van der Waals surface area contributed by atoms with Crippen LogP contribution in [0.25, 0.3) is 0 Å². The van der Waals surface area contributed by atoms with Gasteiger partial charge in [-0.05, 0) is 56.3 Å². The van der Waals surface area contributed by atoms with E-state index in [0.29, 0.717) is 6.04 Å². The first-order chi connectivity index (χ1) is 9.28. The maximum Gasteiger partial charge on any atom is 0.118 e. The Morgan fingerprint density at radius 3 is 2.79 bits per heavy atom. The standard InChI is InChI=1S/C16H25NO2/c1-13(17-9-7-15-8-10-19-12-15)11-14-3-5-16(18-2)6-4-14/h3-6,13,15,17H,7-12H2,1-2H3. The summed E-state index contributed by atoms with van der Waals surface area (Å²) in [7, 11) is 1.70. The summed E-state index contributed by atoms with van der Waals surface area (Å²) >= 11 is 0. The van der Waals surface area contributed by atoms with Gasteiger partial charge in [-0.15, -0.1) is 0 Å². The van der Waals surface area contributed by atoms with Gasteiger partial charge in [0.15, 0.2) is 0 Å². The Kier molecular flexibility index (Phi) is 5.67. The van der Waals surface area contributed by atoms with Gasteiger partial charge < -0.3 is 14.8 Å². The minimum atomic E-state index is 0.510. The van der Waals surface area contributed by atoms with E-state index in [2.05, 4.69) is 24.4 Å². The molecule has 3 nitrogen and oxygen atoms in total. The highest BCUT2D eigenvalue weighted by Crippen LogP contribution is 2.16. The lowest BCUT2D eigenvalue weighted by Gasteiger charge is -2.15. The maximum absolute atomic E-state index is 5.39. The average molecular weight is 263 g/mol. The molecule has 0 aliphatic carbocycles. The fourth-order valence-corrected chi connectivity index (χ4v) is 2.53. The van der Waals surface area contributed by atoms with E-state index in [1.165, 1.54) is 18.4 Å². The fraction of sp³-hybridized carbons (Fsp3) is 0.625. The number of nitrogens with one attached hydrogen (secondary N) is 1. The number of methoxy groups -OCH3 is 1. The van der Waals surface area contributed by atoms with Crippen molar-refractivity contribution >= 4 is 0 Å². The minimum Gasteiger partial charge on any atom is -0.497 e. The van der Waals surface area contributed by atoms with Crippen molar-refractivity contribution in [3.8, 4) is 5.75 Å². The van der Waals surface area contributed by atoms with Crippen molar-refractivity contribution in [1.29, 1.82) is 0 Å². The van der Waals surface area contributed by atoms with Crippen LogP contribution in [-0.2, 0) is 11.2 Å². The summed E-state index contributed by atoms with van der Waals surface area (Å²) in [6.07, 6.45) is 3.52. The molecule has 106 valence electrons. The van der Waals surface area contributed by atoms with Crippen LogP contribution in [0.3, 0.4) is 0 Å². The molecule has 0 amide bonds. The first-order valence-corrected chi connectivity index (χ1v) is 7.22. The molecule has 0 spiro atoms. The van der Waals surface area contributed by atoms with Crippen LogP contribution in [0.2, 0.25) is 0 Å². The predicted molar refractivity (Wildman–Crippen MR) is 77.7 cm³/mol. The third-order valence-electron chi connectivity index (χ3n) is 3.77. The molecule has 2 unspecified atom stereocenters. The number of ether oxygens (including phenoxy) is 2. The second kappa shape index (κ2) is 7.51. The van der Waals surface area contributed by atoms with E-state index < -0.39 is 0 Å². The van der Waals surface area contributed by atoms with Crippen LogP contribution in [0.4, 0.5) is 0 Å². The van der Waals surface area contributed by atoms with Gasteiger partial charge in [-0.3, -0.25) is 0 Å². The highest BCUT2D eigenvalue weighted by Gasteiger charge is 2.15. The summed E-state index contributed by atoms with van der Waals surface area (Å²) in [6.45, 7) is 5.24. The molecule has 1 aliphatic rings. The Morgan fingerprint density at radius 1 is 1.37 bits per heavy atom. The van der Waals surface area contributed by atoms with E-state index in [4.69, 9.17) is 9.47 Å². The Morgan fingerprint density at radius 2 is 2.16 bits per heavy atom. The third-order valence-corrected chi connectivity index (χ3v) is 3.77. The highest BCUT2D eigenvalue weighted by atomic mass is 16.5. The first kappa shape index (κ1) is 14.4. The molecule has 2 atom stereocenters. The van der Waals surface area contributed by atoms with Crippen LogP contribution in [0.5, 0.6) is 5.75 Å². The highest BCUT2D eigenvalue weighted by molar-refractivity contribution is 5.27. The quantitative estimate of drug-likeness (QED) is 0.820. The minimum absolute atomic E-state index is 0.510. The molecular formula is C16H25NO2. The second-order valence-electron chi connectivity index (χ2n) is 5.43. The lowest BCUT2D eigenvalue weighted by Crippen LogP contribution is -2.30. The van der Waals surface area contributed by atoms with Crippen LogP contribution in [0.1, 0.15) is 25.3 Å². The second-order valence-corrected chi connectivity index (χ2v) is 5.43. The average Bonchev–Trinajstić information content (AvgIpc) is 2.93. The van der Waals surface area contributed by atoms with E-state index >= 15 is 0 Å². The van der Waals surface area contributed by atoms with E-state index in [0.717, 1.165) is 37.8 Å². The summed E-state index contributed by atoms with van der Waals surface area (Å²) in [6, 6.07) is 8.84. The number of hydrogen-bond donors (Lipinski definition) is 1. The van der Waals surface area contributed by atoms with Gasteiger partial charge in [0.05, 0.1) is 7.11 Å². The van der Waals surface area contributed by atoms with Crippen LogP contribution >= 0.6 is 0 Å². The van der Waals surface area contributed by atoms with E-state index in [1.807, 2.05) is 12.1 Å². The van der Waals surface area contributed by atoms with Gasteiger partial charge in [0, 0.05) is 19.3 Å². The third kappa shape index (κ3) is 4.84. The normalized spacial score (nSPS) is 20.4. The molecule has 1 aliphatic heterocycles. The summed E-state index contributed by atoms with van der Waals surface area (Å²) in [5, 5.41) is 3.60. The Hall–Kier alpha value is -1.06. The van der Waals surface area contributed by atoms with Gasteiger partial charge in [-0.25, -0.2) is 0 Å². The van der Waals surface area contributed by atoms with Crippen molar-refractivity contribution in [2.45, 2.75) is 32.2 Å². The molecule has 0 saturated carbocycles. The molecule has 0 aromatic heterocycles. The van der Waals surface area contributed by atoms with Gasteiger partial charge in [0.1, 0.15) is 5.75 Å². The summed E-state index contributed by atoms with van der Waals surface area (Å²) in [5.74, 6) is 1.69. The Bertz CT molecular complexity index is 358. The summed E-state index contributed by atoms with van der Waals surface area (Å²) < 4.78 is 10.6. The van der Waals surface area contributed by atoms with E-state index in [9.17, 15) is 0 Å². The van der Waals surface area contributed by atoms with Crippen LogP contribution in [0, 0.1) is 5.92 Å². The topological polar surface area (TPSA) is 30.5 Å². The summed E-state index contributed by atoms with van der Waals surface area (Å²) in [5.41, 5.74) is 1.35. The molecule has 19 heavy (non-hydrogen) atoms. The van der Waals surface area contributed by atoms with Crippen LogP contribution in [-0.4, -0.2) is 32.9 Å². The van der Waals surface area contributed by atoms with Gasteiger partial charge in [0.2, 0.25) is 0 Å². The fourth-order valence-electron chi connectivity index (χ4n) is 2.53. The zero-order chi connectivity index (χ0) is 13.5. The van der Waals surface area contributed by atoms with Crippen LogP contribution in [0.15, 0.2) is 24.3 Å². The van der Waals surface area contributed by atoms with Crippen molar-refractivity contribution < 1.29 is 9.47 Å². The van der Waals surface area contributed by atoms with Crippen molar-refractivity contribution in [1.82, 2.24) is 5.32 Å². The van der Waals surface area contributed by atoms with Crippen molar-refractivity contribution in [3.05, 3.63) is 29.8 Å². The molecule has 1 heterocycles. The molecule has 1 N–H and O–H groups in total. The lowest BCUT2D eigenvalue weighted by atomic mass is 10.0. The molecule has 1 aromatic rings. The molecule has 3 heteroatoms. The number of hydrogen-bond acceptors (Lipinski definition) is 3. The van der Waals surface area contributed by atoms with Gasteiger partial charge >= 0.3 is 0 Å². The monoisotopic (exact) mass is 263 g/mol. The number of rotatable bonds is 7. The van der Waals surface area contributed by atoms with Crippen molar-refractivity contribution in [2.75, 3.05) is 26.9 Å². The van der Waals surface area contributed by atoms with Crippen molar-refractivity contribution in [2.24, 2.45) is 5.92 Å². The smallest absolute Gasteiger partial charge is 0.118 e. The van der Waals surface area contributed by atoms with Crippen LogP contribution < -0.4 is 10.1 Å². The molecule has 0 radical (unpaired) electrons. The molecule has 2 rings (SSSR count). The molecule has 1 fully saturated rings. The molecule has 0 bridgehead atoms. The van der Waals surface area contributed by atoms with Gasteiger partial charge in [-0.2, -0.15) is 0 Å². The number of benzene rings is 1. The molecular weight excluding hydrogens is 238 g/mol. The Labute approximate surface area is 116 Å². The SMILES string of the molecule is COc1ccc(CC(C)NCCC2CCOC2)cc1. The lowest BCUT2D eigenvalue weighted by molar-refractivity contribution is 0.184. The summed E-state index contributed by atoms with van der Waals surface area (Å²) in [4.78, 5) is 0. The first-order valence-electron chi connectivity index (χ1n) is 7.22. The Balaban J connectivity index is 1.66. The van der Waals surface area contributed by atoms with Gasteiger partial charge in [-0.1, -0.05) is 12.1 Å². The molecule has 1 aromatic carbocycles. The van der Waals surface area contributed by atoms with E-state index in [1.54, 1.807) is 7.11 Å². The largest absolute Gasteiger partial charge is 0.497 e. The zero-order valence-electron chi connectivity index (χ0n) is 12.0. The van der Waals surface area contributed by atoms with Crippen molar-refractivity contribution in [3.63, 3.8) is 0 Å². The maximum atomic E-state index is 5.39. The predicted octanol–water partition coefficient (Wildman–Crippen LogP) is 2.64. The van der Waals surface area contributed by atoms with Gasteiger partial charge in [0.25, 0.3) is 0 Å². The molecule has 1 saturated heterocycles. The van der Waals surface area contributed by atoms with E-state index in [-0.39, 0.29) is 0 Å². The zero-order valence-corrected chi connectivity index (χ0v) is 12.0.